The normalized spacial score (nSPS) is 20.0. The maximum atomic E-state index is 12.8. The number of nitrogens with zero attached hydrogens (tertiary/aromatic N) is 3. The van der Waals surface area contributed by atoms with E-state index in [4.69, 9.17) is 0 Å². The van der Waals surface area contributed by atoms with Crippen molar-refractivity contribution in [3.63, 3.8) is 0 Å². The van der Waals surface area contributed by atoms with Crippen molar-refractivity contribution < 1.29 is 4.79 Å². The quantitative estimate of drug-likeness (QED) is 0.777. The van der Waals surface area contributed by atoms with E-state index in [1.807, 2.05) is 19.1 Å². The van der Waals surface area contributed by atoms with Crippen molar-refractivity contribution >= 4 is 5.91 Å². The van der Waals surface area contributed by atoms with Crippen LogP contribution in [0.25, 0.3) is 0 Å². The van der Waals surface area contributed by atoms with Crippen LogP contribution in [-0.2, 0) is 11.3 Å². The smallest absolute Gasteiger partial charge is 0.225 e. The van der Waals surface area contributed by atoms with Gasteiger partial charge in [0.05, 0.1) is 0 Å². The Kier molecular flexibility index (Phi) is 6.37. The molecule has 1 fully saturated rings. The molecule has 22 heavy (non-hydrogen) atoms. The van der Waals surface area contributed by atoms with Gasteiger partial charge in [0.25, 0.3) is 0 Å². The minimum Gasteiger partial charge on any atom is -0.337 e. The van der Waals surface area contributed by atoms with Gasteiger partial charge in [0, 0.05) is 37.4 Å². The van der Waals surface area contributed by atoms with Crippen LogP contribution in [0.5, 0.6) is 0 Å². The van der Waals surface area contributed by atoms with Crippen LogP contribution < -0.4 is 0 Å². The summed E-state index contributed by atoms with van der Waals surface area (Å²) < 4.78 is 0. The number of hydrogen-bond acceptors (Lipinski definition) is 3. The average molecular weight is 303 g/mol. The Bertz CT molecular complexity index is 463. The van der Waals surface area contributed by atoms with E-state index in [2.05, 4.69) is 28.6 Å². The van der Waals surface area contributed by atoms with Crippen molar-refractivity contribution in [1.29, 1.82) is 0 Å². The molecule has 0 spiro atoms. The monoisotopic (exact) mass is 303 g/mol. The van der Waals surface area contributed by atoms with E-state index in [9.17, 15) is 4.79 Å². The van der Waals surface area contributed by atoms with Gasteiger partial charge < -0.3 is 4.90 Å². The van der Waals surface area contributed by atoms with Crippen molar-refractivity contribution in [1.82, 2.24) is 14.8 Å². The van der Waals surface area contributed by atoms with E-state index < -0.39 is 0 Å². The first kappa shape index (κ1) is 16.9. The number of rotatable bonds is 7. The average Bonchev–Trinajstić information content (AvgIpc) is 3.01. The van der Waals surface area contributed by atoms with Gasteiger partial charge in [-0.3, -0.25) is 14.7 Å². The van der Waals surface area contributed by atoms with Crippen molar-refractivity contribution in [3.8, 4) is 0 Å². The van der Waals surface area contributed by atoms with Gasteiger partial charge in [0.1, 0.15) is 0 Å². The van der Waals surface area contributed by atoms with Gasteiger partial charge in [-0.1, -0.05) is 20.8 Å². The highest BCUT2D eigenvalue weighted by Gasteiger charge is 2.28. The Morgan fingerprint density at radius 3 is 2.77 bits per heavy atom. The Morgan fingerprint density at radius 2 is 2.14 bits per heavy atom. The number of carbonyl (C=O) groups is 1. The zero-order valence-electron chi connectivity index (χ0n) is 14.2. The third kappa shape index (κ3) is 4.29. The van der Waals surface area contributed by atoms with Crippen LogP contribution in [0.1, 0.15) is 45.6 Å². The topological polar surface area (TPSA) is 36.4 Å². The summed E-state index contributed by atoms with van der Waals surface area (Å²) in [6.07, 6.45) is 6.95. The molecule has 1 saturated heterocycles. The third-order valence-electron chi connectivity index (χ3n) is 4.80. The second-order valence-corrected chi connectivity index (χ2v) is 6.31. The Morgan fingerprint density at radius 1 is 1.41 bits per heavy atom. The minimum atomic E-state index is 0.0957. The number of amides is 1. The number of hydrogen-bond donors (Lipinski definition) is 0. The molecule has 0 saturated carbocycles. The summed E-state index contributed by atoms with van der Waals surface area (Å²) in [7, 11) is 0. The van der Waals surface area contributed by atoms with E-state index in [0.717, 1.165) is 25.1 Å². The lowest BCUT2D eigenvalue weighted by atomic mass is 10.1. The highest BCUT2D eigenvalue weighted by atomic mass is 16.2. The molecule has 1 amide bonds. The molecule has 0 N–H and O–H groups in total. The molecule has 0 unspecified atom stereocenters. The predicted molar refractivity (Wildman–Crippen MR) is 89.4 cm³/mol. The molecule has 0 radical (unpaired) electrons. The number of likely N-dealkylation sites (N-methyl/N-ethyl adjacent to an activating group) is 1. The molecule has 2 rings (SSSR count). The third-order valence-corrected chi connectivity index (χ3v) is 4.80. The van der Waals surface area contributed by atoms with Gasteiger partial charge in [-0.15, -0.1) is 0 Å². The number of likely N-dealkylation sites (tertiary alicyclic amines) is 1. The zero-order valence-corrected chi connectivity index (χ0v) is 14.2. The summed E-state index contributed by atoms with van der Waals surface area (Å²) in [4.78, 5) is 21.4. The molecule has 1 aliphatic rings. The lowest BCUT2D eigenvalue weighted by molar-refractivity contribution is -0.136. The highest BCUT2D eigenvalue weighted by Crippen LogP contribution is 2.20. The molecule has 122 valence electrons. The zero-order chi connectivity index (χ0) is 15.9. The molecule has 0 aliphatic carbocycles. The maximum absolute atomic E-state index is 12.8. The molecule has 1 aliphatic heterocycles. The Hall–Kier alpha value is -1.42. The molecule has 4 heteroatoms. The highest BCUT2D eigenvalue weighted by molar-refractivity contribution is 5.78. The van der Waals surface area contributed by atoms with Crippen LogP contribution in [0.4, 0.5) is 0 Å². The van der Waals surface area contributed by atoms with Crippen LogP contribution in [0, 0.1) is 5.92 Å². The maximum Gasteiger partial charge on any atom is 0.225 e. The molecule has 4 nitrogen and oxygen atoms in total. The summed E-state index contributed by atoms with van der Waals surface area (Å²) in [5.41, 5.74) is 1.16. The number of carbonyl (C=O) groups excluding carboxylic acids is 1. The number of pyridine rings is 1. The van der Waals surface area contributed by atoms with Crippen molar-refractivity contribution in [2.45, 2.75) is 52.6 Å². The molecule has 0 aromatic carbocycles. The van der Waals surface area contributed by atoms with Crippen LogP contribution in [0.15, 0.2) is 24.5 Å². The van der Waals surface area contributed by atoms with Crippen molar-refractivity contribution in [3.05, 3.63) is 30.1 Å². The van der Waals surface area contributed by atoms with Gasteiger partial charge in [-0.25, -0.2) is 0 Å². The summed E-state index contributed by atoms with van der Waals surface area (Å²) >= 11 is 0. The summed E-state index contributed by atoms with van der Waals surface area (Å²) in [5.74, 6) is 0.376. The van der Waals surface area contributed by atoms with E-state index in [-0.39, 0.29) is 11.8 Å². The molecular formula is C18H29N3O. The fourth-order valence-corrected chi connectivity index (χ4v) is 3.20. The van der Waals surface area contributed by atoms with Gasteiger partial charge in [0.2, 0.25) is 5.91 Å². The van der Waals surface area contributed by atoms with Gasteiger partial charge in [-0.2, -0.15) is 0 Å². The second-order valence-electron chi connectivity index (χ2n) is 6.31. The van der Waals surface area contributed by atoms with Gasteiger partial charge >= 0.3 is 0 Å². The van der Waals surface area contributed by atoms with Gasteiger partial charge in [-0.05, 0) is 50.0 Å². The molecular weight excluding hydrogens is 274 g/mol. The summed E-state index contributed by atoms with van der Waals surface area (Å²) in [6, 6.07) is 4.52. The van der Waals surface area contributed by atoms with Crippen LogP contribution >= 0.6 is 0 Å². The first-order valence-electron chi connectivity index (χ1n) is 8.57. The van der Waals surface area contributed by atoms with Crippen molar-refractivity contribution in [2.24, 2.45) is 5.92 Å². The SMILES string of the molecule is CC[C@H](C)C(=O)N(Cc1ccncc1)C[C@H]1CCCN1CC. The lowest BCUT2D eigenvalue weighted by Crippen LogP contribution is -2.44. The first-order valence-corrected chi connectivity index (χ1v) is 8.57. The molecule has 1 aromatic heterocycles. The molecule has 2 heterocycles. The molecule has 2 atom stereocenters. The lowest BCUT2D eigenvalue weighted by Gasteiger charge is -2.32. The standard InChI is InChI=1S/C18H29N3O/c1-4-15(3)18(22)21(13-16-8-10-19-11-9-16)14-17-7-6-12-20(17)5-2/h8-11,15,17H,4-7,12-14H2,1-3H3/t15-,17+/m0/s1. The van der Waals surface area contributed by atoms with Crippen LogP contribution in [0.2, 0.25) is 0 Å². The summed E-state index contributed by atoms with van der Waals surface area (Å²) in [6.45, 7) is 10.1. The van der Waals surface area contributed by atoms with Crippen LogP contribution in [0.3, 0.4) is 0 Å². The van der Waals surface area contributed by atoms with E-state index in [1.54, 1.807) is 12.4 Å². The molecule has 1 aromatic rings. The van der Waals surface area contributed by atoms with Gasteiger partial charge in [0.15, 0.2) is 0 Å². The van der Waals surface area contributed by atoms with Crippen LogP contribution in [-0.4, -0.2) is 46.4 Å². The van der Waals surface area contributed by atoms with E-state index >= 15 is 0 Å². The van der Waals surface area contributed by atoms with E-state index in [1.165, 1.54) is 19.4 Å². The fourth-order valence-electron chi connectivity index (χ4n) is 3.20. The predicted octanol–water partition coefficient (Wildman–Crippen LogP) is 2.94. The Balaban J connectivity index is 2.09. The molecule has 0 bridgehead atoms. The Labute approximate surface area is 134 Å². The van der Waals surface area contributed by atoms with E-state index in [0.29, 0.717) is 12.6 Å². The second kappa shape index (κ2) is 8.28. The number of aromatic nitrogens is 1. The largest absolute Gasteiger partial charge is 0.337 e. The fraction of sp³-hybridized carbons (Fsp3) is 0.667. The van der Waals surface area contributed by atoms with Crippen molar-refractivity contribution in [2.75, 3.05) is 19.6 Å². The minimum absolute atomic E-state index is 0.0957. The first-order chi connectivity index (χ1) is 10.7. The summed E-state index contributed by atoms with van der Waals surface area (Å²) in [5, 5.41) is 0.